The molecule has 0 amide bonds. The van der Waals surface area contributed by atoms with Gasteiger partial charge in [0.15, 0.2) is 11.4 Å². The van der Waals surface area contributed by atoms with Crippen molar-refractivity contribution in [2.24, 2.45) is 5.92 Å². The maximum Gasteiger partial charge on any atom is 0.180 e. The molecule has 0 unspecified atom stereocenters. The molecule has 3 heterocycles. The van der Waals surface area contributed by atoms with Gasteiger partial charge in [-0.25, -0.2) is 0 Å². The number of aliphatic hydroxyl groups excluding tert-OH is 1. The van der Waals surface area contributed by atoms with Crippen LogP contribution < -0.4 is 9.64 Å². The lowest BCUT2D eigenvalue weighted by Crippen LogP contribution is -2.57. The van der Waals surface area contributed by atoms with E-state index in [0.717, 1.165) is 60.9 Å². The molecule has 2 fully saturated rings. The Labute approximate surface area is 170 Å². The molecule has 1 aromatic heterocycles. The van der Waals surface area contributed by atoms with E-state index in [1.54, 1.807) is 0 Å². The quantitative estimate of drug-likeness (QED) is 0.718. The van der Waals surface area contributed by atoms with Crippen LogP contribution in [0, 0.1) is 5.92 Å². The van der Waals surface area contributed by atoms with Gasteiger partial charge in [-0.1, -0.05) is 29.4 Å². The standard InChI is InChI=1S/C23H27N3O3/c27-15-17-4-3-5-20(12-17)28-16-18-8-9-19-14-26(11-10-25(19)13-18)23-21-6-1-2-7-22(21)29-24-23/h1-7,12,18-19,27H,8-11,13-16H2/t18-,19-/m0/s1. The molecule has 0 saturated carbocycles. The number of anilines is 1. The molecular formula is C23H27N3O3. The van der Waals surface area contributed by atoms with Gasteiger partial charge in [-0.3, -0.25) is 4.90 Å². The van der Waals surface area contributed by atoms with Crippen LogP contribution in [0.15, 0.2) is 53.1 Å². The largest absolute Gasteiger partial charge is 0.493 e. The van der Waals surface area contributed by atoms with Gasteiger partial charge in [0.05, 0.1) is 18.6 Å². The Kier molecular flexibility index (Phi) is 5.12. The predicted molar refractivity (Wildman–Crippen MR) is 112 cm³/mol. The van der Waals surface area contributed by atoms with E-state index in [4.69, 9.17) is 9.26 Å². The van der Waals surface area contributed by atoms with E-state index in [1.165, 1.54) is 12.8 Å². The first-order chi connectivity index (χ1) is 14.3. The summed E-state index contributed by atoms with van der Waals surface area (Å²) in [6.07, 6.45) is 2.35. The summed E-state index contributed by atoms with van der Waals surface area (Å²) in [5.41, 5.74) is 1.75. The first-order valence-electron chi connectivity index (χ1n) is 10.5. The number of piperidine rings is 1. The summed E-state index contributed by atoms with van der Waals surface area (Å²) in [4.78, 5) is 4.99. The minimum Gasteiger partial charge on any atom is -0.493 e. The summed E-state index contributed by atoms with van der Waals surface area (Å²) < 4.78 is 11.5. The van der Waals surface area contributed by atoms with Gasteiger partial charge in [0.2, 0.25) is 0 Å². The van der Waals surface area contributed by atoms with Gasteiger partial charge in [-0.15, -0.1) is 0 Å². The van der Waals surface area contributed by atoms with Crippen molar-refractivity contribution in [3.8, 4) is 5.75 Å². The number of benzene rings is 2. The number of rotatable bonds is 5. The van der Waals surface area contributed by atoms with Gasteiger partial charge < -0.3 is 19.3 Å². The highest BCUT2D eigenvalue weighted by Crippen LogP contribution is 2.31. The molecule has 6 heteroatoms. The maximum atomic E-state index is 9.28. The molecule has 0 spiro atoms. The summed E-state index contributed by atoms with van der Waals surface area (Å²) in [6, 6.07) is 16.4. The summed E-state index contributed by atoms with van der Waals surface area (Å²) in [7, 11) is 0. The Bertz CT molecular complexity index is 973. The van der Waals surface area contributed by atoms with E-state index in [-0.39, 0.29) is 6.61 Å². The molecule has 2 saturated heterocycles. The van der Waals surface area contributed by atoms with Gasteiger partial charge in [0, 0.05) is 38.1 Å². The molecule has 0 aliphatic carbocycles. The molecule has 6 nitrogen and oxygen atoms in total. The third kappa shape index (κ3) is 3.82. The summed E-state index contributed by atoms with van der Waals surface area (Å²) in [6.45, 7) is 4.88. The smallest absolute Gasteiger partial charge is 0.180 e. The second-order valence-electron chi connectivity index (χ2n) is 8.16. The highest BCUT2D eigenvalue weighted by atomic mass is 16.5. The number of aliphatic hydroxyl groups is 1. The fourth-order valence-corrected chi connectivity index (χ4v) is 4.63. The van der Waals surface area contributed by atoms with Gasteiger partial charge in [0.1, 0.15) is 5.75 Å². The Morgan fingerprint density at radius 1 is 1.07 bits per heavy atom. The second-order valence-corrected chi connectivity index (χ2v) is 8.16. The summed E-state index contributed by atoms with van der Waals surface area (Å²) in [5.74, 6) is 2.37. The van der Waals surface area contributed by atoms with Gasteiger partial charge in [-0.05, 0) is 42.7 Å². The molecule has 3 aromatic rings. The van der Waals surface area contributed by atoms with Crippen molar-refractivity contribution in [2.75, 3.05) is 37.7 Å². The Hall–Kier alpha value is -2.57. The van der Waals surface area contributed by atoms with E-state index < -0.39 is 0 Å². The van der Waals surface area contributed by atoms with Crippen LogP contribution in [0.25, 0.3) is 11.0 Å². The molecular weight excluding hydrogens is 366 g/mol. The van der Waals surface area contributed by atoms with E-state index in [2.05, 4.69) is 21.0 Å². The third-order valence-corrected chi connectivity index (χ3v) is 6.23. The minimum absolute atomic E-state index is 0.0490. The summed E-state index contributed by atoms with van der Waals surface area (Å²) in [5, 5.41) is 14.7. The topological polar surface area (TPSA) is 62.0 Å². The molecule has 29 heavy (non-hydrogen) atoms. The van der Waals surface area contributed by atoms with Crippen LogP contribution in [0.4, 0.5) is 5.82 Å². The minimum atomic E-state index is 0.0490. The van der Waals surface area contributed by atoms with Crippen LogP contribution in [0.2, 0.25) is 0 Å². The average molecular weight is 393 g/mol. The summed E-state index contributed by atoms with van der Waals surface area (Å²) >= 11 is 0. The van der Waals surface area contributed by atoms with Crippen molar-refractivity contribution in [1.29, 1.82) is 0 Å². The molecule has 2 aliphatic rings. The number of nitrogens with zero attached hydrogens (tertiary/aromatic N) is 3. The molecule has 2 aromatic carbocycles. The fraction of sp³-hybridized carbons (Fsp3) is 0.435. The Morgan fingerprint density at radius 3 is 2.93 bits per heavy atom. The average Bonchev–Trinajstić information content (AvgIpc) is 3.21. The van der Waals surface area contributed by atoms with Crippen molar-refractivity contribution in [3.63, 3.8) is 0 Å². The zero-order valence-electron chi connectivity index (χ0n) is 16.5. The van der Waals surface area contributed by atoms with Crippen LogP contribution in [0.1, 0.15) is 18.4 Å². The number of hydrogen-bond donors (Lipinski definition) is 1. The van der Waals surface area contributed by atoms with Crippen LogP contribution in [-0.4, -0.2) is 54.0 Å². The van der Waals surface area contributed by atoms with Gasteiger partial charge >= 0.3 is 0 Å². The van der Waals surface area contributed by atoms with E-state index in [1.807, 2.05) is 42.5 Å². The maximum absolute atomic E-state index is 9.28. The fourth-order valence-electron chi connectivity index (χ4n) is 4.63. The first-order valence-corrected chi connectivity index (χ1v) is 10.5. The van der Waals surface area contributed by atoms with Crippen molar-refractivity contribution in [3.05, 3.63) is 54.1 Å². The van der Waals surface area contributed by atoms with Crippen LogP contribution >= 0.6 is 0 Å². The van der Waals surface area contributed by atoms with Gasteiger partial charge in [-0.2, -0.15) is 0 Å². The lowest BCUT2D eigenvalue weighted by molar-refractivity contribution is 0.0726. The number of fused-ring (bicyclic) bond motifs is 2. The number of aromatic nitrogens is 1. The van der Waals surface area contributed by atoms with Crippen molar-refractivity contribution >= 4 is 16.8 Å². The van der Waals surface area contributed by atoms with E-state index in [0.29, 0.717) is 12.0 Å². The van der Waals surface area contributed by atoms with Gasteiger partial charge in [0.25, 0.3) is 0 Å². The molecule has 2 atom stereocenters. The molecule has 5 rings (SSSR count). The number of ether oxygens (including phenoxy) is 1. The third-order valence-electron chi connectivity index (χ3n) is 6.23. The highest BCUT2D eigenvalue weighted by molar-refractivity contribution is 5.88. The Balaban J connectivity index is 1.18. The SMILES string of the molecule is OCc1cccc(OC[C@H]2CC[C@H]3CN(c4noc5ccccc45)CCN3C2)c1. The van der Waals surface area contributed by atoms with Crippen molar-refractivity contribution < 1.29 is 14.4 Å². The highest BCUT2D eigenvalue weighted by Gasteiger charge is 2.34. The zero-order valence-corrected chi connectivity index (χ0v) is 16.5. The van der Waals surface area contributed by atoms with E-state index >= 15 is 0 Å². The number of piperazine rings is 1. The van der Waals surface area contributed by atoms with Crippen LogP contribution in [-0.2, 0) is 6.61 Å². The zero-order chi connectivity index (χ0) is 19.6. The molecule has 0 bridgehead atoms. The number of para-hydroxylation sites is 1. The lowest BCUT2D eigenvalue weighted by Gasteiger charge is -2.46. The van der Waals surface area contributed by atoms with Crippen molar-refractivity contribution in [2.45, 2.75) is 25.5 Å². The second kappa shape index (κ2) is 8.05. The molecule has 2 aliphatic heterocycles. The monoisotopic (exact) mass is 393 g/mol. The first kappa shape index (κ1) is 18.5. The predicted octanol–water partition coefficient (Wildman–Crippen LogP) is 3.30. The molecule has 1 N–H and O–H groups in total. The Morgan fingerprint density at radius 2 is 2.00 bits per heavy atom. The molecule has 0 radical (unpaired) electrons. The molecule has 152 valence electrons. The normalized spacial score (nSPS) is 22.6. The van der Waals surface area contributed by atoms with Crippen LogP contribution in [0.3, 0.4) is 0 Å². The number of hydrogen-bond acceptors (Lipinski definition) is 6. The van der Waals surface area contributed by atoms with Crippen molar-refractivity contribution in [1.82, 2.24) is 10.1 Å². The lowest BCUT2D eigenvalue weighted by atomic mass is 9.91. The van der Waals surface area contributed by atoms with E-state index in [9.17, 15) is 5.11 Å². The van der Waals surface area contributed by atoms with Crippen LogP contribution in [0.5, 0.6) is 5.75 Å².